The first-order valence-corrected chi connectivity index (χ1v) is 13.1. The third-order valence-electron chi connectivity index (χ3n) is 4.92. The average molecular weight is 431 g/mol. The lowest BCUT2D eigenvalue weighted by molar-refractivity contribution is 0.0638. The van der Waals surface area contributed by atoms with E-state index in [0.717, 1.165) is 18.1 Å². The minimum Gasteiger partial charge on any atom is -0.415 e. The molecule has 1 fully saturated rings. The number of rotatable bonds is 4. The summed E-state index contributed by atoms with van der Waals surface area (Å²) < 4.78 is 6.99. The van der Waals surface area contributed by atoms with Gasteiger partial charge in [-0.2, -0.15) is 11.8 Å². The van der Waals surface area contributed by atoms with Gasteiger partial charge in [0.2, 0.25) is 0 Å². The second-order valence-electron chi connectivity index (χ2n) is 7.64. The van der Waals surface area contributed by atoms with Crippen molar-refractivity contribution in [3.05, 3.63) is 28.5 Å². The summed E-state index contributed by atoms with van der Waals surface area (Å²) in [6, 6.07) is 3.75. The Labute approximate surface area is 159 Å². The molecule has 0 N–H and O–H groups in total. The standard InChI is InChI=1S/C17H27BrN2O2SSi/c1-17(2,3)24(4,5)22-11-13-12-23-10-9-20(13)16(21)14-7-6-8-19-15(14)18/h6-8,13H,9-12H2,1-5H3. The van der Waals surface area contributed by atoms with E-state index in [-0.39, 0.29) is 17.0 Å². The van der Waals surface area contributed by atoms with Crippen molar-refractivity contribution < 1.29 is 9.22 Å². The van der Waals surface area contributed by atoms with E-state index in [9.17, 15) is 4.79 Å². The van der Waals surface area contributed by atoms with E-state index in [2.05, 4.69) is 54.8 Å². The lowest BCUT2D eigenvalue weighted by atomic mass is 10.2. The van der Waals surface area contributed by atoms with Gasteiger partial charge in [-0.05, 0) is 46.2 Å². The molecule has 0 bridgehead atoms. The van der Waals surface area contributed by atoms with E-state index in [1.54, 1.807) is 12.3 Å². The van der Waals surface area contributed by atoms with Crippen molar-refractivity contribution in [2.45, 2.75) is 44.9 Å². The first kappa shape index (κ1) is 19.9. The molecule has 0 saturated carbocycles. The Morgan fingerprint density at radius 3 is 2.83 bits per heavy atom. The smallest absolute Gasteiger partial charge is 0.256 e. The van der Waals surface area contributed by atoms with Gasteiger partial charge in [0.05, 0.1) is 18.2 Å². The Kier molecular flexibility index (Phi) is 6.56. The van der Waals surface area contributed by atoms with Crippen LogP contribution in [0.25, 0.3) is 0 Å². The van der Waals surface area contributed by atoms with E-state index in [4.69, 9.17) is 4.43 Å². The highest BCUT2D eigenvalue weighted by Crippen LogP contribution is 2.37. The summed E-state index contributed by atoms with van der Waals surface area (Å²) in [7, 11) is -1.81. The fourth-order valence-electron chi connectivity index (χ4n) is 2.28. The van der Waals surface area contributed by atoms with E-state index in [1.165, 1.54) is 0 Å². The molecule has 1 unspecified atom stereocenters. The van der Waals surface area contributed by atoms with Gasteiger partial charge in [0.15, 0.2) is 8.32 Å². The Bertz CT molecular complexity index is 592. The molecule has 1 saturated heterocycles. The van der Waals surface area contributed by atoms with Crippen LogP contribution < -0.4 is 0 Å². The fraction of sp³-hybridized carbons (Fsp3) is 0.647. The van der Waals surface area contributed by atoms with Crippen molar-refractivity contribution >= 4 is 41.9 Å². The van der Waals surface area contributed by atoms with Gasteiger partial charge in [-0.3, -0.25) is 4.79 Å². The molecule has 0 radical (unpaired) electrons. The highest BCUT2D eigenvalue weighted by molar-refractivity contribution is 9.10. The van der Waals surface area contributed by atoms with Crippen molar-refractivity contribution in [1.29, 1.82) is 0 Å². The number of pyridine rings is 1. The number of hydrogen-bond acceptors (Lipinski definition) is 4. The van der Waals surface area contributed by atoms with E-state index >= 15 is 0 Å². The molecule has 2 heterocycles. The first-order chi connectivity index (χ1) is 11.1. The van der Waals surface area contributed by atoms with Gasteiger partial charge in [-0.25, -0.2) is 4.98 Å². The van der Waals surface area contributed by atoms with Gasteiger partial charge < -0.3 is 9.33 Å². The zero-order valence-electron chi connectivity index (χ0n) is 15.1. The summed E-state index contributed by atoms with van der Waals surface area (Å²) in [5, 5.41) is 0.177. The molecular formula is C17H27BrN2O2SSi. The molecule has 0 spiro atoms. The van der Waals surface area contributed by atoms with Gasteiger partial charge in [-0.15, -0.1) is 0 Å². The summed E-state index contributed by atoms with van der Waals surface area (Å²) in [4.78, 5) is 19.1. The number of halogens is 1. The quantitative estimate of drug-likeness (QED) is 0.523. The summed E-state index contributed by atoms with van der Waals surface area (Å²) in [5.74, 6) is 1.94. The highest BCUT2D eigenvalue weighted by Gasteiger charge is 2.39. The largest absolute Gasteiger partial charge is 0.415 e. The zero-order chi connectivity index (χ0) is 18.0. The number of aromatic nitrogens is 1. The molecule has 1 atom stereocenters. The van der Waals surface area contributed by atoms with Crippen LogP contribution in [0.3, 0.4) is 0 Å². The Morgan fingerprint density at radius 1 is 1.50 bits per heavy atom. The number of hydrogen-bond donors (Lipinski definition) is 0. The van der Waals surface area contributed by atoms with Crippen LogP contribution in [0.1, 0.15) is 31.1 Å². The van der Waals surface area contributed by atoms with E-state index < -0.39 is 8.32 Å². The summed E-state index contributed by atoms with van der Waals surface area (Å²) in [6.07, 6.45) is 1.69. The summed E-state index contributed by atoms with van der Waals surface area (Å²) in [6.45, 7) is 12.6. The predicted octanol–water partition coefficient (Wildman–Crippen LogP) is 4.42. The maximum atomic E-state index is 13.0. The number of carbonyl (C=O) groups is 1. The average Bonchev–Trinajstić information content (AvgIpc) is 2.52. The summed E-state index contributed by atoms with van der Waals surface area (Å²) >= 11 is 5.29. The number of thioether (sulfide) groups is 1. The molecule has 1 aromatic rings. The Balaban J connectivity index is 2.11. The Morgan fingerprint density at radius 2 is 2.21 bits per heavy atom. The van der Waals surface area contributed by atoms with Crippen LogP contribution in [-0.4, -0.2) is 54.8 Å². The minimum atomic E-state index is -1.81. The van der Waals surface area contributed by atoms with Crippen molar-refractivity contribution in [1.82, 2.24) is 9.88 Å². The van der Waals surface area contributed by atoms with Crippen molar-refractivity contribution in [3.63, 3.8) is 0 Å². The molecule has 4 nitrogen and oxygen atoms in total. The van der Waals surface area contributed by atoms with Crippen molar-refractivity contribution in [2.24, 2.45) is 0 Å². The third kappa shape index (κ3) is 4.62. The molecule has 1 amide bonds. The SMILES string of the molecule is CC(C)(C)[Si](C)(C)OCC1CSCCN1C(=O)c1cccnc1Br. The molecule has 2 rings (SSSR count). The highest BCUT2D eigenvalue weighted by atomic mass is 79.9. The van der Waals surface area contributed by atoms with Crippen LogP contribution in [0, 0.1) is 0 Å². The van der Waals surface area contributed by atoms with Gasteiger partial charge in [0, 0.05) is 24.2 Å². The molecule has 0 aliphatic carbocycles. The number of carbonyl (C=O) groups excluding carboxylic acids is 1. The van der Waals surface area contributed by atoms with E-state index in [1.807, 2.05) is 22.7 Å². The normalized spacial score (nSPS) is 19.4. The second kappa shape index (κ2) is 7.89. The van der Waals surface area contributed by atoms with Crippen LogP contribution >= 0.6 is 27.7 Å². The molecule has 1 aliphatic heterocycles. The van der Waals surface area contributed by atoms with Crippen molar-refractivity contribution in [3.8, 4) is 0 Å². The van der Waals surface area contributed by atoms with Gasteiger partial charge >= 0.3 is 0 Å². The zero-order valence-corrected chi connectivity index (χ0v) is 18.5. The molecule has 1 aliphatic rings. The van der Waals surface area contributed by atoms with Crippen molar-refractivity contribution in [2.75, 3.05) is 24.7 Å². The molecule has 24 heavy (non-hydrogen) atoms. The molecular weight excluding hydrogens is 404 g/mol. The van der Waals surface area contributed by atoms with Crippen LogP contribution in [0.4, 0.5) is 0 Å². The fourth-order valence-corrected chi connectivity index (χ4v) is 4.78. The molecule has 1 aromatic heterocycles. The lowest BCUT2D eigenvalue weighted by Crippen LogP contribution is -2.51. The Hall–Kier alpha value is -0.373. The maximum absolute atomic E-state index is 13.0. The molecule has 0 aromatic carbocycles. The lowest BCUT2D eigenvalue weighted by Gasteiger charge is -2.41. The van der Waals surface area contributed by atoms with Crippen LogP contribution in [0.2, 0.25) is 18.1 Å². The van der Waals surface area contributed by atoms with Gasteiger partial charge in [0.1, 0.15) is 4.60 Å². The number of amides is 1. The molecule has 7 heteroatoms. The topological polar surface area (TPSA) is 42.4 Å². The molecule has 134 valence electrons. The number of nitrogens with zero attached hydrogens (tertiary/aromatic N) is 2. The second-order valence-corrected chi connectivity index (χ2v) is 14.4. The monoisotopic (exact) mass is 430 g/mol. The maximum Gasteiger partial charge on any atom is 0.256 e. The first-order valence-electron chi connectivity index (χ1n) is 8.26. The van der Waals surface area contributed by atoms with Crippen LogP contribution in [-0.2, 0) is 4.43 Å². The third-order valence-corrected chi connectivity index (χ3v) is 11.1. The predicted molar refractivity (Wildman–Crippen MR) is 107 cm³/mol. The van der Waals surface area contributed by atoms with Gasteiger partial charge in [0.25, 0.3) is 5.91 Å². The summed E-state index contributed by atoms with van der Waals surface area (Å²) in [5.41, 5.74) is 0.627. The van der Waals surface area contributed by atoms with Crippen LogP contribution in [0.5, 0.6) is 0 Å². The van der Waals surface area contributed by atoms with Crippen LogP contribution in [0.15, 0.2) is 22.9 Å². The van der Waals surface area contributed by atoms with Gasteiger partial charge in [-0.1, -0.05) is 20.8 Å². The van der Waals surface area contributed by atoms with E-state index in [0.29, 0.717) is 16.8 Å². The minimum absolute atomic E-state index is 0.0408.